The number of nitrogens with zero attached hydrogens (tertiary/aromatic N) is 1. The van der Waals surface area contributed by atoms with Crippen LogP contribution in [0.25, 0.3) is 0 Å². The number of unbranched alkanes of at least 4 members (excludes halogenated alkanes) is 1. The van der Waals surface area contributed by atoms with Crippen molar-refractivity contribution in [3.05, 3.63) is 0 Å². The molecule has 0 aromatic rings. The number of rotatable bonds is 1. The van der Waals surface area contributed by atoms with Crippen molar-refractivity contribution in [3.63, 3.8) is 0 Å². The van der Waals surface area contributed by atoms with Crippen molar-refractivity contribution in [1.29, 1.82) is 5.26 Å². The third-order valence-electron chi connectivity index (χ3n) is 1.45. The molecule has 1 heterocycles. The summed E-state index contributed by atoms with van der Waals surface area (Å²) in [5.41, 5.74) is 0. The zero-order valence-electron chi connectivity index (χ0n) is 9.12. The van der Waals surface area contributed by atoms with Gasteiger partial charge in [-0.1, -0.05) is 38.8 Å². The summed E-state index contributed by atoms with van der Waals surface area (Å²) >= 11 is 17.7. The van der Waals surface area contributed by atoms with Crippen LogP contribution in [0.15, 0.2) is 0 Å². The molecule has 0 spiro atoms. The Labute approximate surface area is 126 Å². The van der Waals surface area contributed by atoms with Crippen molar-refractivity contribution < 1.29 is 0 Å². The zero-order valence-corrected chi connectivity index (χ0v) is 12.4. The van der Waals surface area contributed by atoms with E-state index in [0.717, 1.165) is 35.7 Å². The van der Waals surface area contributed by atoms with E-state index in [9.17, 15) is 0 Å². The van der Waals surface area contributed by atoms with E-state index in [2.05, 4.69) is 29.8 Å². The Bertz CT molecular complexity index is 274. The van der Waals surface area contributed by atoms with Crippen molar-refractivity contribution in [2.75, 3.05) is 0 Å². The van der Waals surface area contributed by atoms with Crippen LogP contribution in [0.1, 0.15) is 46.5 Å². The van der Waals surface area contributed by atoms with Gasteiger partial charge in [0, 0.05) is 10.7 Å². The van der Waals surface area contributed by atoms with Crippen LogP contribution in [0.4, 0.5) is 0 Å². The third kappa shape index (κ3) is 21.5. The molecule has 0 saturated carbocycles. The van der Waals surface area contributed by atoms with Gasteiger partial charge in [-0.15, -0.1) is 0 Å². The Morgan fingerprint density at radius 2 is 1.65 bits per heavy atom. The van der Waals surface area contributed by atoms with E-state index in [1.165, 1.54) is 0 Å². The van der Waals surface area contributed by atoms with E-state index in [4.69, 9.17) is 29.7 Å². The molecule has 0 atom stereocenters. The highest BCUT2D eigenvalue weighted by atomic mass is 32.1. The number of nitriles is 1. The normalized spacial score (nSPS) is 12.0. The van der Waals surface area contributed by atoms with Crippen LogP contribution in [0, 0.1) is 11.3 Å². The standard InChI is InChI=1S/C5H7NS2.C4H7N.CS2.CH4/c7-4-2-1-3-5(8)6-4;1-2-3-4-5;2-1-3;/h1-3H2,(H,6,7,8);2-3H2,1H3;;1H4. The first-order chi connectivity index (χ1) is 7.62. The fourth-order valence-electron chi connectivity index (χ4n) is 0.802. The summed E-state index contributed by atoms with van der Waals surface area (Å²) in [4.78, 5) is 1.81. The molecule has 96 valence electrons. The fraction of sp³-hybridized carbons (Fsp3) is 0.636. The van der Waals surface area contributed by atoms with Crippen LogP contribution in [0.3, 0.4) is 0 Å². The Hall–Kier alpha value is -0.310. The first-order valence-corrected chi connectivity index (χ1v) is 6.44. The van der Waals surface area contributed by atoms with Gasteiger partial charge in [-0.25, -0.2) is 0 Å². The van der Waals surface area contributed by atoms with Crippen molar-refractivity contribution >= 4 is 63.2 Å². The lowest BCUT2D eigenvalue weighted by Crippen LogP contribution is -2.31. The second kappa shape index (κ2) is 18.1. The molecule has 2 nitrogen and oxygen atoms in total. The molecule has 1 N–H and O–H groups in total. The van der Waals surface area contributed by atoms with Gasteiger partial charge in [0.15, 0.2) is 0 Å². The topological polar surface area (TPSA) is 35.8 Å². The molecule has 17 heavy (non-hydrogen) atoms. The lowest BCUT2D eigenvalue weighted by Gasteiger charge is -2.13. The van der Waals surface area contributed by atoms with Gasteiger partial charge >= 0.3 is 0 Å². The number of piperidine rings is 1. The lowest BCUT2D eigenvalue weighted by atomic mass is 10.2. The Morgan fingerprint density at radius 1 is 1.24 bits per heavy atom. The minimum absolute atomic E-state index is 0. The van der Waals surface area contributed by atoms with Gasteiger partial charge in [-0.2, -0.15) is 5.26 Å². The number of hydrogen-bond donors (Lipinski definition) is 1. The van der Waals surface area contributed by atoms with Crippen LogP contribution < -0.4 is 5.32 Å². The first kappa shape index (κ1) is 21.9. The van der Waals surface area contributed by atoms with E-state index in [-0.39, 0.29) is 7.43 Å². The molecule has 1 saturated heterocycles. The maximum atomic E-state index is 7.82. The third-order valence-corrected chi connectivity index (χ3v) is 2.06. The molecule has 1 rings (SSSR count). The largest absolute Gasteiger partial charge is 0.345 e. The second-order valence-corrected chi connectivity index (χ2v) is 4.47. The van der Waals surface area contributed by atoms with Crippen LogP contribution in [0.2, 0.25) is 0 Å². The molecule has 0 aromatic heterocycles. The van der Waals surface area contributed by atoms with Gasteiger partial charge in [0.1, 0.15) is 0 Å². The minimum atomic E-state index is 0. The zero-order chi connectivity index (χ0) is 12.8. The first-order valence-electron chi connectivity index (χ1n) is 4.81. The quantitative estimate of drug-likeness (QED) is 0.724. The summed E-state index contributed by atoms with van der Waals surface area (Å²) in [5.74, 6) is 0. The lowest BCUT2D eigenvalue weighted by molar-refractivity contribution is 0.877. The van der Waals surface area contributed by atoms with Crippen molar-refractivity contribution in [2.24, 2.45) is 0 Å². The molecule has 0 radical (unpaired) electrons. The maximum Gasteiger partial charge on any atom is 0.0801 e. The van der Waals surface area contributed by atoms with Crippen LogP contribution in [0.5, 0.6) is 0 Å². The van der Waals surface area contributed by atoms with E-state index in [0.29, 0.717) is 6.42 Å². The molecule has 1 fully saturated rings. The van der Waals surface area contributed by atoms with E-state index in [1.54, 1.807) is 0 Å². The van der Waals surface area contributed by atoms with Crippen molar-refractivity contribution in [3.8, 4) is 6.07 Å². The number of nitrogens with one attached hydrogen (secondary N) is 1. The van der Waals surface area contributed by atoms with Gasteiger partial charge in [-0.05, 0) is 50.1 Å². The van der Waals surface area contributed by atoms with Crippen LogP contribution in [-0.4, -0.2) is 14.3 Å². The van der Waals surface area contributed by atoms with Gasteiger partial charge < -0.3 is 5.32 Å². The SMILES string of the molecule is C.CCCC#N.S=C1CCCC(=S)N1.S=C=S. The maximum absolute atomic E-state index is 7.82. The monoisotopic (exact) mass is 306 g/mol. The summed E-state index contributed by atoms with van der Waals surface area (Å²) in [6.07, 6.45) is 4.83. The second-order valence-electron chi connectivity index (χ2n) is 2.82. The van der Waals surface area contributed by atoms with Gasteiger partial charge in [0.2, 0.25) is 0 Å². The summed E-state index contributed by atoms with van der Waals surface area (Å²) in [7, 11) is 0. The Balaban J connectivity index is -0.000000191. The van der Waals surface area contributed by atoms with Gasteiger partial charge in [0.25, 0.3) is 0 Å². The molecule has 0 amide bonds. The molecule has 0 aromatic carbocycles. The van der Waals surface area contributed by atoms with Gasteiger partial charge in [-0.3, -0.25) is 0 Å². The van der Waals surface area contributed by atoms with E-state index < -0.39 is 0 Å². The smallest absolute Gasteiger partial charge is 0.0801 e. The molecular weight excluding hydrogens is 288 g/mol. The highest BCUT2D eigenvalue weighted by molar-refractivity contribution is 7.93. The van der Waals surface area contributed by atoms with Gasteiger partial charge in [0.05, 0.1) is 16.0 Å². The fourth-order valence-corrected chi connectivity index (χ4v) is 1.40. The molecule has 0 unspecified atom stereocenters. The van der Waals surface area contributed by atoms with Crippen molar-refractivity contribution in [2.45, 2.75) is 46.5 Å². The predicted molar refractivity (Wildman–Crippen MR) is 89.6 cm³/mol. The summed E-state index contributed by atoms with van der Waals surface area (Å²) in [6, 6.07) is 2.02. The Kier molecular flexibility index (Phi) is 23.3. The van der Waals surface area contributed by atoms with Crippen LogP contribution >= 0.6 is 48.9 Å². The summed E-state index contributed by atoms with van der Waals surface area (Å²) < 4.78 is 1.92. The average Bonchev–Trinajstić information content (AvgIpc) is 2.20. The highest BCUT2D eigenvalue weighted by Crippen LogP contribution is 2.03. The average molecular weight is 307 g/mol. The molecule has 0 aliphatic carbocycles. The summed E-state index contributed by atoms with van der Waals surface area (Å²) in [5, 5.41) is 10.8. The molecular formula is C11H18N2S4. The number of thiocarbonyl (C=S) groups is 4. The molecule has 1 aliphatic rings. The van der Waals surface area contributed by atoms with E-state index in [1.807, 2.05) is 17.3 Å². The van der Waals surface area contributed by atoms with Crippen molar-refractivity contribution in [1.82, 2.24) is 5.32 Å². The highest BCUT2D eigenvalue weighted by Gasteiger charge is 2.06. The summed E-state index contributed by atoms with van der Waals surface area (Å²) in [6.45, 7) is 1.99. The molecule has 0 bridgehead atoms. The molecule has 1 aliphatic heterocycles. The minimum Gasteiger partial charge on any atom is -0.345 e. The molecule has 6 heteroatoms. The van der Waals surface area contributed by atoms with E-state index >= 15 is 0 Å². The predicted octanol–water partition coefficient (Wildman–Crippen LogP) is 4.38. The Morgan fingerprint density at radius 3 is 1.76 bits per heavy atom. The van der Waals surface area contributed by atoms with Crippen LogP contribution in [-0.2, 0) is 0 Å². The number of hydrogen-bond acceptors (Lipinski definition) is 5.